The van der Waals surface area contributed by atoms with E-state index in [4.69, 9.17) is 16.3 Å². The van der Waals surface area contributed by atoms with Crippen molar-refractivity contribution >= 4 is 28.8 Å². The molecule has 7 nitrogen and oxygen atoms in total. The van der Waals surface area contributed by atoms with Gasteiger partial charge in [-0.15, -0.1) is 0 Å². The molecule has 0 aliphatic carbocycles. The number of morpholine rings is 1. The standard InChI is InChI=1S/C15H18ClN5O2/c1-10-11(19-12-9-17-20(2)15(22)14(12)16)3-4-13(18-10)21-5-7-23-8-6-21/h3-4,9,19H,5-8H2,1-2H3. The number of halogens is 1. The molecule has 0 aromatic carbocycles. The van der Waals surface area contributed by atoms with Crippen molar-refractivity contribution in [3.05, 3.63) is 39.4 Å². The molecule has 2 aromatic rings. The Kier molecular flexibility index (Phi) is 4.49. The van der Waals surface area contributed by atoms with Gasteiger partial charge in [-0.3, -0.25) is 4.79 Å². The first-order valence-electron chi connectivity index (χ1n) is 7.35. The highest BCUT2D eigenvalue weighted by molar-refractivity contribution is 6.33. The lowest BCUT2D eigenvalue weighted by atomic mass is 10.2. The van der Waals surface area contributed by atoms with Crippen LogP contribution in [0.2, 0.25) is 5.02 Å². The van der Waals surface area contributed by atoms with Gasteiger partial charge in [-0.2, -0.15) is 5.10 Å². The van der Waals surface area contributed by atoms with Crippen molar-refractivity contribution in [2.45, 2.75) is 6.92 Å². The quantitative estimate of drug-likeness (QED) is 0.920. The first-order valence-corrected chi connectivity index (χ1v) is 7.73. The van der Waals surface area contributed by atoms with Gasteiger partial charge in [-0.1, -0.05) is 11.6 Å². The number of nitrogens with one attached hydrogen (secondary N) is 1. The lowest BCUT2D eigenvalue weighted by molar-refractivity contribution is 0.122. The molecule has 0 saturated carbocycles. The van der Waals surface area contributed by atoms with E-state index in [1.165, 1.54) is 10.9 Å². The zero-order valence-electron chi connectivity index (χ0n) is 13.0. The van der Waals surface area contributed by atoms with E-state index in [9.17, 15) is 4.79 Å². The second-order valence-corrected chi connectivity index (χ2v) is 5.71. The third-order valence-corrected chi connectivity index (χ3v) is 4.12. The molecule has 0 bridgehead atoms. The number of ether oxygens (including phenoxy) is 1. The first kappa shape index (κ1) is 15.8. The molecular formula is C15H18ClN5O2. The average Bonchev–Trinajstić information content (AvgIpc) is 2.57. The van der Waals surface area contributed by atoms with E-state index in [0.29, 0.717) is 5.69 Å². The summed E-state index contributed by atoms with van der Waals surface area (Å²) in [5.41, 5.74) is 1.75. The number of anilines is 3. The summed E-state index contributed by atoms with van der Waals surface area (Å²) in [6.45, 7) is 5.02. The summed E-state index contributed by atoms with van der Waals surface area (Å²) in [6.07, 6.45) is 1.53. The van der Waals surface area contributed by atoms with Gasteiger partial charge in [0.2, 0.25) is 0 Å². The predicted molar refractivity (Wildman–Crippen MR) is 89.8 cm³/mol. The summed E-state index contributed by atoms with van der Waals surface area (Å²) in [5.74, 6) is 0.921. The van der Waals surface area contributed by atoms with Gasteiger partial charge in [-0.25, -0.2) is 9.67 Å². The zero-order valence-corrected chi connectivity index (χ0v) is 13.8. The van der Waals surface area contributed by atoms with Crippen LogP contribution in [0.4, 0.5) is 17.2 Å². The highest BCUT2D eigenvalue weighted by Crippen LogP contribution is 2.25. The Balaban J connectivity index is 1.84. The van der Waals surface area contributed by atoms with Crippen molar-refractivity contribution in [1.82, 2.24) is 14.8 Å². The summed E-state index contributed by atoms with van der Waals surface area (Å²) in [7, 11) is 1.56. The maximum absolute atomic E-state index is 11.8. The monoisotopic (exact) mass is 335 g/mol. The van der Waals surface area contributed by atoms with Gasteiger partial charge in [0.05, 0.1) is 36.5 Å². The summed E-state index contributed by atoms with van der Waals surface area (Å²) < 4.78 is 6.55. The Hall–Kier alpha value is -2.12. The normalized spacial score (nSPS) is 14.8. The number of aromatic nitrogens is 3. The zero-order chi connectivity index (χ0) is 16.4. The molecule has 2 aromatic heterocycles. The molecule has 0 radical (unpaired) electrons. The molecule has 0 atom stereocenters. The second kappa shape index (κ2) is 6.55. The van der Waals surface area contributed by atoms with Crippen LogP contribution in [-0.4, -0.2) is 41.1 Å². The second-order valence-electron chi connectivity index (χ2n) is 5.33. The number of nitrogens with zero attached hydrogens (tertiary/aromatic N) is 4. The van der Waals surface area contributed by atoms with Crippen molar-refractivity contribution in [2.75, 3.05) is 36.5 Å². The van der Waals surface area contributed by atoms with Gasteiger partial charge in [0.15, 0.2) is 0 Å². The van der Waals surface area contributed by atoms with Crippen molar-refractivity contribution in [1.29, 1.82) is 0 Å². The molecule has 8 heteroatoms. The van der Waals surface area contributed by atoms with E-state index >= 15 is 0 Å². The van der Waals surface area contributed by atoms with E-state index in [1.807, 2.05) is 19.1 Å². The van der Waals surface area contributed by atoms with Gasteiger partial charge in [0.25, 0.3) is 5.56 Å². The lowest BCUT2D eigenvalue weighted by Gasteiger charge is -2.28. The molecular weight excluding hydrogens is 318 g/mol. The maximum Gasteiger partial charge on any atom is 0.287 e. The van der Waals surface area contributed by atoms with Crippen LogP contribution in [0, 0.1) is 6.92 Å². The number of pyridine rings is 1. The van der Waals surface area contributed by atoms with Gasteiger partial charge >= 0.3 is 0 Å². The topological polar surface area (TPSA) is 72.3 Å². The molecule has 1 aliphatic heterocycles. The maximum atomic E-state index is 11.8. The van der Waals surface area contributed by atoms with Gasteiger partial charge < -0.3 is 15.0 Å². The molecule has 122 valence electrons. The van der Waals surface area contributed by atoms with E-state index in [1.54, 1.807) is 7.05 Å². The molecule has 3 rings (SSSR count). The van der Waals surface area contributed by atoms with Crippen LogP contribution >= 0.6 is 11.6 Å². The van der Waals surface area contributed by atoms with E-state index in [-0.39, 0.29) is 10.6 Å². The fraction of sp³-hybridized carbons (Fsp3) is 0.400. The van der Waals surface area contributed by atoms with Crippen LogP contribution in [0.5, 0.6) is 0 Å². The molecule has 1 aliphatic rings. The van der Waals surface area contributed by atoms with Gasteiger partial charge in [0.1, 0.15) is 10.8 Å². The Labute approximate surface area is 138 Å². The van der Waals surface area contributed by atoms with E-state index in [0.717, 1.165) is 43.5 Å². The lowest BCUT2D eigenvalue weighted by Crippen LogP contribution is -2.36. The predicted octanol–water partition coefficient (Wildman–Crippen LogP) is 1.72. The van der Waals surface area contributed by atoms with Crippen molar-refractivity contribution < 1.29 is 4.74 Å². The third kappa shape index (κ3) is 3.30. The number of rotatable bonds is 3. The fourth-order valence-corrected chi connectivity index (χ4v) is 2.61. The summed E-state index contributed by atoms with van der Waals surface area (Å²) >= 11 is 6.08. The Morgan fingerprint density at radius 1 is 1.26 bits per heavy atom. The first-order chi connectivity index (χ1) is 11.1. The van der Waals surface area contributed by atoms with Gasteiger partial charge in [-0.05, 0) is 19.1 Å². The minimum absolute atomic E-state index is 0.110. The van der Waals surface area contributed by atoms with Crippen LogP contribution in [0.25, 0.3) is 0 Å². The minimum Gasteiger partial charge on any atom is -0.378 e. The average molecular weight is 336 g/mol. The van der Waals surface area contributed by atoms with Crippen molar-refractivity contribution in [2.24, 2.45) is 7.05 Å². The van der Waals surface area contributed by atoms with Gasteiger partial charge in [0, 0.05) is 20.1 Å². The van der Waals surface area contributed by atoms with E-state index < -0.39 is 0 Å². The van der Waals surface area contributed by atoms with Crippen LogP contribution in [0.1, 0.15) is 5.69 Å². The molecule has 1 N–H and O–H groups in total. The largest absolute Gasteiger partial charge is 0.378 e. The molecule has 1 saturated heterocycles. The summed E-state index contributed by atoms with van der Waals surface area (Å²) in [4.78, 5) is 18.6. The Morgan fingerprint density at radius 2 is 2.00 bits per heavy atom. The highest BCUT2D eigenvalue weighted by atomic mass is 35.5. The highest BCUT2D eigenvalue weighted by Gasteiger charge is 2.14. The smallest absolute Gasteiger partial charge is 0.287 e. The van der Waals surface area contributed by atoms with Crippen LogP contribution in [-0.2, 0) is 11.8 Å². The Bertz CT molecular complexity index is 771. The molecule has 1 fully saturated rings. The van der Waals surface area contributed by atoms with E-state index in [2.05, 4.69) is 20.3 Å². The number of hydrogen-bond donors (Lipinski definition) is 1. The third-order valence-electron chi connectivity index (χ3n) is 3.75. The summed E-state index contributed by atoms with van der Waals surface area (Å²) in [6, 6.07) is 3.88. The molecule has 0 unspecified atom stereocenters. The van der Waals surface area contributed by atoms with Crippen LogP contribution < -0.4 is 15.8 Å². The summed E-state index contributed by atoms with van der Waals surface area (Å²) in [5, 5.41) is 7.21. The molecule has 3 heterocycles. The number of aryl methyl sites for hydroxylation is 2. The Morgan fingerprint density at radius 3 is 2.70 bits per heavy atom. The van der Waals surface area contributed by atoms with Crippen molar-refractivity contribution in [3.63, 3.8) is 0 Å². The SMILES string of the molecule is Cc1nc(N2CCOCC2)ccc1Nc1cnn(C)c(=O)c1Cl. The minimum atomic E-state index is -0.341. The van der Waals surface area contributed by atoms with Crippen LogP contribution in [0.15, 0.2) is 23.1 Å². The van der Waals surface area contributed by atoms with Crippen molar-refractivity contribution in [3.8, 4) is 0 Å². The fourth-order valence-electron chi connectivity index (χ4n) is 2.39. The van der Waals surface area contributed by atoms with Crippen LogP contribution in [0.3, 0.4) is 0 Å². The number of hydrogen-bond acceptors (Lipinski definition) is 6. The molecule has 0 spiro atoms. The molecule has 0 amide bonds. The molecule has 23 heavy (non-hydrogen) atoms.